The van der Waals surface area contributed by atoms with E-state index in [1.165, 1.54) is 10.9 Å². The molecule has 82 valence electrons. The average Bonchev–Trinajstić information content (AvgIpc) is 2.94. The number of hydrogen-bond donors (Lipinski definition) is 1. The molecule has 1 unspecified atom stereocenters. The lowest BCUT2D eigenvalue weighted by Crippen LogP contribution is -2.26. The normalized spacial score (nSPS) is 17.8. The molecule has 1 saturated carbocycles. The minimum Gasteiger partial charge on any atom is -0.327 e. The number of carbonyl (C=O) groups is 1. The van der Waals surface area contributed by atoms with Gasteiger partial charge in [-0.3, -0.25) is 9.48 Å². The van der Waals surface area contributed by atoms with E-state index in [2.05, 4.69) is 5.10 Å². The summed E-state index contributed by atoms with van der Waals surface area (Å²) in [5.41, 5.74) is 6.36. The predicted molar refractivity (Wildman–Crippen MR) is 57.9 cm³/mol. The Morgan fingerprint density at radius 2 is 2.47 bits per heavy atom. The fourth-order valence-corrected chi connectivity index (χ4v) is 2.00. The minimum atomic E-state index is -0.0246. The number of nitrogens with zero attached hydrogens (tertiary/aromatic N) is 2. The van der Waals surface area contributed by atoms with Gasteiger partial charge in [0, 0.05) is 19.5 Å². The fraction of sp³-hybridized carbons (Fsp3) is 0.600. The van der Waals surface area contributed by atoms with Gasteiger partial charge in [-0.1, -0.05) is 11.6 Å². The summed E-state index contributed by atoms with van der Waals surface area (Å²) >= 11 is 5.87. The fourth-order valence-electron chi connectivity index (χ4n) is 1.73. The Balaban J connectivity index is 2.06. The van der Waals surface area contributed by atoms with E-state index in [0.29, 0.717) is 23.1 Å². The largest absolute Gasteiger partial charge is 0.327 e. The molecule has 0 aromatic carbocycles. The first-order chi connectivity index (χ1) is 7.09. The van der Waals surface area contributed by atoms with Crippen molar-refractivity contribution >= 4 is 17.4 Å². The van der Waals surface area contributed by atoms with Crippen molar-refractivity contribution in [2.45, 2.75) is 25.3 Å². The molecule has 1 aliphatic rings. The molecule has 2 rings (SSSR count). The van der Waals surface area contributed by atoms with E-state index < -0.39 is 0 Å². The molecule has 1 aromatic heterocycles. The Kier molecular flexibility index (Phi) is 2.80. The van der Waals surface area contributed by atoms with Crippen molar-refractivity contribution in [3.8, 4) is 0 Å². The van der Waals surface area contributed by atoms with E-state index in [4.69, 9.17) is 17.3 Å². The zero-order valence-electron chi connectivity index (χ0n) is 8.61. The van der Waals surface area contributed by atoms with Crippen molar-refractivity contribution in [3.05, 3.63) is 16.9 Å². The number of halogens is 1. The van der Waals surface area contributed by atoms with Gasteiger partial charge in [-0.25, -0.2) is 0 Å². The monoisotopic (exact) mass is 227 g/mol. The van der Waals surface area contributed by atoms with Crippen molar-refractivity contribution in [1.29, 1.82) is 0 Å². The van der Waals surface area contributed by atoms with Crippen LogP contribution in [-0.4, -0.2) is 21.6 Å². The van der Waals surface area contributed by atoms with Crippen LogP contribution in [-0.2, 0) is 7.05 Å². The summed E-state index contributed by atoms with van der Waals surface area (Å²) < 4.78 is 1.50. The van der Waals surface area contributed by atoms with Crippen LogP contribution in [0.2, 0.25) is 5.02 Å². The Morgan fingerprint density at radius 3 is 2.93 bits per heavy atom. The molecule has 1 aliphatic carbocycles. The maximum atomic E-state index is 11.9. The molecular formula is C10H14ClN3O. The lowest BCUT2D eigenvalue weighted by Gasteiger charge is -2.09. The summed E-state index contributed by atoms with van der Waals surface area (Å²) in [5.74, 6) is 0.514. The molecule has 0 spiro atoms. The molecule has 1 atom stereocenters. The van der Waals surface area contributed by atoms with Crippen LogP contribution in [0, 0.1) is 5.92 Å². The van der Waals surface area contributed by atoms with E-state index >= 15 is 0 Å². The summed E-state index contributed by atoms with van der Waals surface area (Å²) in [6, 6.07) is -0.0246. The molecule has 1 fully saturated rings. The number of rotatable bonds is 4. The van der Waals surface area contributed by atoms with Crippen molar-refractivity contribution in [2.75, 3.05) is 0 Å². The van der Waals surface area contributed by atoms with Gasteiger partial charge in [-0.15, -0.1) is 0 Å². The SMILES string of the molecule is Cn1ncc(Cl)c1C(=O)CC(N)C1CC1. The predicted octanol–water partition coefficient (Wildman–Crippen LogP) is 1.38. The third kappa shape index (κ3) is 2.21. The van der Waals surface area contributed by atoms with Crippen LogP contribution in [0.1, 0.15) is 29.8 Å². The summed E-state index contributed by atoms with van der Waals surface area (Å²) in [6.07, 6.45) is 4.14. The molecule has 0 bridgehead atoms. The van der Waals surface area contributed by atoms with Gasteiger partial charge in [0.2, 0.25) is 0 Å². The average molecular weight is 228 g/mol. The Bertz CT molecular complexity index is 365. The second kappa shape index (κ2) is 3.94. The number of ketones is 1. The smallest absolute Gasteiger partial charge is 0.183 e. The quantitative estimate of drug-likeness (QED) is 0.791. The number of hydrogen-bond acceptors (Lipinski definition) is 3. The van der Waals surface area contributed by atoms with Crippen LogP contribution < -0.4 is 5.73 Å². The Labute approximate surface area is 93.4 Å². The highest BCUT2D eigenvalue weighted by molar-refractivity contribution is 6.33. The topological polar surface area (TPSA) is 60.9 Å². The van der Waals surface area contributed by atoms with Gasteiger partial charge >= 0.3 is 0 Å². The first kappa shape index (κ1) is 10.6. The zero-order chi connectivity index (χ0) is 11.0. The first-order valence-electron chi connectivity index (χ1n) is 5.06. The summed E-state index contributed by atoms with van der Waals surface area (Å²) in [5, 5.41) is 4.34. The van der Waals surface area contributed by atoms with Gasteiger partial charge in [0.25, 0.3) is 0 Å². The van der Waals surface area contributed by atoms with Gasteiger partial charge in [-0.05, 0) is 18.8 Å². The van der Waals surface area contributed by atoms with Crippen LogP contribution in [0.3, 0.4) is 0 Å². The summed E-state index contributed by atoms with van der Waals surface area (Å²) in [7, 11) is 1.71. The third-order valence-electron chi connectivity index (χ3n) is 2.81. The third-order valence-corrected chi connectivity index (χ3v) is 3.08. The highest BCUT2D eigenvalue weighted by atomic mass is 35.5. The van der Waals surface area contributed by atoms with E-state index in [-0.39, 0.29) is 11.8 Å². The second-order valence-electron chi connectivity index (χ2n) is 4.09. The first-order valence-corrected chi connectivity index (χ1v) is 5.43. The molecule has 0 radical (unpaired) electrons. The van der Waals surface area contributed by atoms with Crippen LogP contribution in [0.15, 0.2) is 6.20 Å². The van der Waals surface area contributed by atoms with E-state index in [1.807, 2.05) is 0 Å². The molecule has 15 heavy (non-hydrogen) atoms. The van der Waals surface area contributed by atoms with Crippen molar-refractivity contribution < 1.29 is 4.79 Å². The molecule has 0 amide bonds. The molecule has 2 N–H and O–H groups in total. The Hall–Kier alpha value is -0.870. The molecular weight excluding hydrogens is 214 g/mol. The molecule has 5 heteroatoms. The van der Waals surface area contributed by atoms with Gasteiger partial charge < -0.3 is 5.73 Å². The highest BCUT2D eigenvalue weighted by Gasteiger charge is 2.31. The van der Waals surface area contributed by atoms with E-state index in [9.17, 15) is 4.79 Å². The minimum absolute atomic E-state index is 0.0144. The van der Waals surface area contributed by atoms with Crippen LogP contribution >= 0.6 is 11.6 Å². The maximum Gasteiger partial charge on any atom is 0.183 e. The van der Waals surface area contributed by atoms with Crippen LogP contribution in [0.5, 0.6) is 0 Å². The van der Waals surface area contributed by atoms with Crippen molar-refractivity contribution in [2.24, 2.45) is 18.7 Å². The standard InChI is InChI=1S/C10H14ClN3O/c1-14-10(7(11)5-13-14)9(15)4-8(12)6-2-3-6/h5-6,8H,2-4,12H2,1H3. The molecule has 1 aromatic rings. The lowest BCUT2D eigenvalue weighted by molar-refractivity contribution is 0.0962. The van der Waals surface area contributed by atoms with Crippen molar-refractivity contribution in [1.82, 2.24) is 9.78 Å². The summed E-state index contributed by atoms with van der Waals surface area (Å²) in [6.45, 7) is 0. The van der Waals surface area contributed by atoms with E-state index in [1.54, 1.807) is 7.05 Å². The van der Waals surface area contributed by atoms with Crippen LogP contribution in [0.25, 0.3) is 0 Å². The number of Topliss-reactive ketones (excluding diaryl/α,β-unsaturated/α-hetero) is 1. The highest BCUT2D eigenvalue weighted by Crippen LogP contribution is 2.33. The summed E-state index contributed by atoms with van der Waals surface area (Å²) in [4.78, 5) is 11.9. The van der Waals surface area contributed by atoms with Gasteiger partial charge in [0.05, 0.1) is 11.2 Å². The van der Waals surface area contributed by atoms with Crippen molar-refractivity contribution in [3.63, 3.8) is 0 Å². The van der Waals surface area contributed by atoms with E-state index in [0.717, 1.165) is 12.8 Å². The molecule has 4 nitrogen and oxygen atoms in total. The molecule has 1 heterocycles. The van der Waals surface area contributed by atoms with Crippen LogP contribution in [0.4, 0.5) is 0 Å². The Morgan fingerprint density at radius 1 is 1.80 bits per heavy atom. The number of aromatic nitrogens is 2. The maximum absolute atomic E-state index is 11.9. The van der Waals surface area contributed by atoms with Gasteiger partial charge in [0.15, 0.2) is 5.78 Å². The number of aryl methyl sites for hydroxylation is 1. The molecule has 0 aliphatic heterocycles. The zero-order valence-corrected chi connectivity index (χ0v) is 9.37. The molecule has 0 saturated heterocycles. The second-order valence-corrected chi connectivity index (χ2v) is 4.50. The lowest BCUT2D eigenvalue weighted by atomic mass is 10.1. The number of nitrogens with two attached hydrogens (primary N) is 1. The number of carbonyl (C=O) groups excluding carboxylic acids is 1. The van der Waals surface area contributed by atoms with Gasteiger partial charge in [-0.2, -0.15) is 5.10 Å². The van der Waals surface area contributed by atoms with Gasteiger partial charge in [0.1, 0.15) is 5.69 Å².